The smallest absolute Gasteiger partial charge is 0.276 e. The number of benzene rings is 2. The molecule has 3 aromatic rings. The van der Waals surface area contributed by atoms with Crippen LogP contribution < -0.4 is 4.83 Å². The number of morpholine rings is 1. The van der Waals surface area contributed by atoms with Crippen molar-refractivity contribution in [2.24, 2.45) is 5.10 Å². The van der Waals surface area contributed by atoms with Crippen LogP contribution in [0.25, 0.3) is 10.9 Å². The average Bonchev–Trinajstić information content (AvgIpc) is 3.11. The van der Waals surface area contributed by atoms with Gasteiger partial charge in [0, 0.05) is 53.9 Å². The van der Waals surface area contributed by atoms with Gasteiger partial charge >= 0.3 is 0 Å². The lowest BCUT2D eigenvalue weighted by Gasteiger charge is -2.26. The fourth-order valence-electron chi connectivity index (χ4n) is 3.47. The Morgan fingerprint density at radius 3 is 2.57 bits per heavy atom. The molecule has 1 aromatic heterocycles. The number of fused-ring (bicyclic) bond motifs is 1. The first-order chi connectivity index (χ1) is 14.5. The van der Waals surface area contributed by atoms with Crippen LogP contribution in [0.3, 0.4) is 0 Å². The molecular formula is C21H23ClN4O3S. The minimum Gasteiger partial charge on any atom is -0.379 e. The van der Waals surface area contributed by atoms with Crippen molar-refractivity contribution < 1.29 is 13.2 Å². The summed E-state index contributed by atoms with van der Waals surface area (Å²) in [5, 5.41) is 5.49. The Balaban J connectivity index is 1.50. The highest BCUT2D eigenvalue weighted by molar-refractivity contribution is 7.89. The molecule has 0 atom stereocenters. The van der Waals surface area contributed by atoms with Crippen molar-refractivity contribution in [3.8, 4) is 0 Å². The Labute approximate surface area is 180 Å². The lowest BCUT2D eigenvalue weighted by Crippen LogP contribution is -2.38. The Kier molecular flexibility index (Phi) is 6.38. The summed E-state index contributed by atoms with van der Waals surface area (Å²) in [6, 6.07) is 14.0. The SMILES string of the molecule is O=S(=O)(NN=Cc1cn(CCN2CCOCC2)c2ccccc12)c1ccc(Cl)cc1. The van der Waals surface area contributed by atoms with Gasteiger partial charge < -0.3 is 9.30 Å². The number of sulfonamides is 1. The van der Waals surface area contributed by atoms with Gasteiger partial charge in [-0.05, 0) is 30.3 Å². The number of nitrogens with zero attached hydrogens (tertiary/aromatic N) is 3. The van der Waals surface area contributed by atoms with E-state index >= 15 is 0 Å². The molecule has 0 radical (unpaired) electrons. The number of hydrogen-bond donors (Lipinski definition) is 1. The maximum absolute atomic E-state index is 12.4. The maximum atomic E-state index is 12.4. The van der Waals surface area contributed by atoms with Gasteiger partial charge in [0.1, 0.15) is 0 Å². The van der Waals surface area contributed by atoms with E-state index in [1.54, 1.807) is 6.21 Å². The number of rotatable bonds is 7. The second-order valence-electron chi connectivity index (χ2n) is 7.06. The Morgan fingerprint density at radius 1 is 1.07 bits per heavy atom. The lowest BCUT2D eigenvalue weighted by molar-refractivity contribution is 0.0365. The molecule has 1 fully saturated rings. The third-order valence-corrected chi connectivity index (χ3v) is 6.57. The minimum absolute atomic E-state index is 0.108. The summed E-state index contributed by atoms with van der Waals surface area (Å²) < 4.78 is 32.4. The second kappa shape index (κ2) is 9.18. The van der Waals surface area contributed by atoms with E-state index in [1.807, 2.05) is 24.4 Å². The molecule has 0 spiro atoms. The number of para-hydroxylation sites is 1. The summed E-state index contributed by atoms with van der Waals surface area (Å²) in [4.78, 5) is 4.76. The van der Waals surface area contributed by atoms with Crippen LogP contribution in [0.5, 0.6) is 0 Å². The van der Waals surface area contributed by atoms with E-state index in [1.165, 1.54) is 24.3 Å². The van der Waals surface area contributed by atoms with Crippen molar-refractivity contribution >= 4 is 38.7 Å². The Hall–Kier alpha value is -2.39. The largest absolute Gasteiger partial charge is 0.379 e. The van der Waals surface area contributed by atoms with Gasteiger partial charge in [-0.3, -0.25) is 4.90 Å². The zero-order chi connectivity index (χ0) is 21.0. The Morgan fingerprint density at radius 2 is 1.80 bits per heavy atom. The number of hydrazone groups is 1. The number of nitrogens with one attached hydrogen (secondary N) is 1. The van der Waals surface area contributed by atoms with Gasteiger partial charge in [0.2, 0.25) is 0 Å². The number of hydrogen-bond acceptors (Lipinski definition) is 5. The minimum atomic E-state index is -3.75. The van der Waals surface area contributed by atoms with E-state index in [0.29, 0.717) is 5.02 Å². The molecule has 9 heteroatoms. The first-order valence-corrected chi connectivity index (χ1v) is 11.6. The summed E-state index contributed by atoms with van der Waals surface area (Å²) in [6.45, 7) is 5.21. The van der Waals surface area contributed by atoms with Gasteiger partial charge in [0.05, 0.1) is 24.3 Å². The molecule has 1 aliphatic rings. The van der Waals surface area contributed by atoms with Gasteiger partial charge in [-0.1, -0.05) is 29.8 Å². The van der Waals surface area contributed by atoms with Crippen molar-refractivity contribution in [1.82, 2.24) is 14.3 Å². The Bertz CT molecular complexity index is 1140. The predicted octanol–water partition coefficient (Wildman–Crippen LogP) is 2.94. The molecule has 4 rings (SSSR count). The normalized spacial score (nSPS) is 15.8. The van der Waals surface area contributed by atoms with Crippen LogP contribution in [0.1, 0.15) is 5.56 Å². The molecule has 0 bridgehead atoms. The van der Waals surface area contributed by atoms with E-state index in [4.69, 9.17) is 16.3 Å². The number of halogens is 1. The molecule has 0 unspecified atom stereocenters. The van der Waals surface area contributed by atoms with Crippen LogP contribution in [0.2, 0.25) is 5.02 Å². The predicted molar refractivity (Wildman–Crippen MR) is 119 cm³/mol. The summed E-state index contributed by atoms with van der Waals surface area (Å²) in [5.41, 5.74) is 1.94. The molecule has 1 saturated heterocycles. The standard InChI is InChI=1S/C21H23ClN4O3S/c22-18-5-7-19(8-6-18)30(27,28)24-23-15-17-16-26(21-4-2-1-3-20(17)21)10-9-25-11-13-29-14-12-25/h1-8,15-16,24H,9-14H2. The number of ether oxygens (including phenoxy) is 1. The van der Waals surface area contributed by atoms with E-state index in [2.05, 4.69) is 25.5 Å². The van der Waals surface area contributed by atoms with E-state index in [-0.39, 0.29) is 4.90 Å². The van der Waals surface area contributed by atoms with Crippen molar-refractivity contribution in [1.29, 1.82) is 0 Å². The molecule has 2 aromatic carbocycles. The zero-order valence-corrected chi connectivity index (χ0v) is 17.9. The summed E-state index contributed by atoms with van der Waals surface area (Å²) in [6.07, 6.45) is 3.55. The molecule has 0 aliphatic carbocycles. The van der Waals surface area contributed by atoms with Crippen LogP contribution in [-0.2, 0) is 21.3 Å². The molecule has 1 N–H and O–H groups in total. The molecular weight excluding hydrogens is 424 g/mol. The summed E-state index contributed by atoms with van der Waals surface area (Å²) >= 11 is 5.82. The first-order valence-electron chi connectivity index (χ1n) is 9.71. The summed E-state index contributed by atoms with van der Waals surface area (Å²) in [5.74, 6) is 0. The van der Waals surface area contributed by atoms with E-state index < -0.39 is 10.0 Å². The van der Waals surface area contributed by atoms with Crippen LogP contribution in [0.4, 0.5) is 0 Å². The quantitative estimate of drug-likeness (QED) is 0.447. The monoisotopic (exact) mass is 446 g/mol. The lowest BCUT2D eigenvalue weighted by atomic mass is 10.2. The molecule has 158 valence electrons. The van der Waals surface area contributed by atoms with Crippen LogP contribution in [0, 0.1) is 0 Å². The van der Waals surface area contributed by atoms with Crippen molar-refractivity contribution in [3.05, 3.63) is 65.3 Å². The highest BCUT2D eigenvalue weighted by Gasteiger charge is 2.14. The number of aromatic nitrogens is 1. The fourth-order valence-corrected chi connectivity index (χ4v) is 4.39. The molecule has 30 heavy (non-hydrogen) atoms. The topological polar surface area (TPSA) is 75.9 Å². The molecule has 0 saturated carbocycles. The van der Waals surface area contributed by atoms with Crippen LogP contribution in [0.15, 0.2) is 64.7 Å². The second-order valence-corrected chi connectivity index (χ2v) is 9.15. The third kappa shape index (κ3) is 4.84. The van der Waals surface area contributed by atoms with Gasteiger partial charge in [-0.2, -0.15) is 13.5 Å². The highest BCUT2D eigenvalue weighted by atomic mass is 35.5. The zero-order valence-electron chi connectivity index (χ0n) is 16.4. The average molecular weight is 447 g/mol. The van der Waals surface area contributed by atoms with Gasteiger partial charge in [0.25, 0.3) is 10.0 Å². The molecule has 0 amide bonds. The van der Waals surface area contributed by atoms with Gasteiger partial charge in [-0.15, -0.1) is 0 Å². The summed E-state index contributed by atoms with van der Waals surface area (Å²) in [7, 11) is -3.75. The van der Waals surface area contributed by atoms with Crippen molar-refractivity contribution in [3.63, 3.8) is 0 Å². The highest BCUT2D eigenvalue weighted by Crippen LogP contribution is 2.20. The fraction of sp³-hybridized carbons (Fsp3) is 0.286. The van der Waals surface area contributed by atoms with Crippen molar-refractivity contribution in [2.75, 3.05) is 32.8 Å². The van der Waals surface area contributed by atoms with Crippen LogP contribution >= 0.6 is 11.6 Å². The van der Waals surface area contributed by atoms with Gasteiger partial charge in [0.15, 0.2) is 0 Å². The maximum Gasteiger partial charge on any atom is 0.276 e. The van der Waals surface area contributed by atoms with Crippen LogP contribution in [-0.4, -0.2) is 56.9 Å². The van der Waals surface area contributed by atoms with E-state index in [9.17, 15) is 8.42 Å². The van der Waals surface area contributed by atoms with E-state index in [0.717, 1.165) is 55.9 Å². The molecule has 7 nitrogen and oxygen atoms in total. The third-order valence-electron chi connectivity index (χ3n) is 5.08. The molecule has 2 heterocycles. The first kappa shape index (κ1) is 20.9. The van der Waals surface area contributed by atoms with Crippen molar-refractivity contribution in [2.45, 2.75) is 11.4 Å². The molecule has 1 aliphatic heterocycles. The van der Waals surface area contributed by atoms with Gasteiger partial charge in [-0.25, -0.2) is 4.83 Å².